The van der Waals surface area contributed by atoms with Gasteiger partial charge in [0, 0.05) is 5.02 Å². The first-order chi connectivity index (χ1) is 10.8. The molecule has 1 rings (SSSR count). The van der Waals surface area contributed by atoms with Gasteiger partial charge in [0.15, 0.2) is 0 Å². The lowest BCUT2D eigenvalue weighted by Crippen LogP contribution is -2.43. The van der Waals surface area contributed by atoms with Gasteiger partial charge in [0.2, 0.25) is 6.17 Å². The van der Waals surface area contributed by atoms with E-state index in [1.807, 2.05) is 0 Å². The minimum absolute atomic E-state index is 0.468. The Hall–Kier alpha value is -0.980. The summed E-state index contributed by atoms with van der Waals surface area (Å²) in [5.74, 6) is -0.999. The molecule has 7 heteroatoms. The number of carbonyl (C=O) groups excluding carboxylic acids is 1. The Bertz CT molecular complexity index is 593. The highest BCUT2D eigenvalue weighted by molar-refractivity contribution is 7.84. The van der Waals surface area contributed by atoms with Crippen molar-refractivity contribution in [2.75, 3.05) is 0 Å². The molecule has 0 aliphatic carbocycles. The number of hydrogen-bond donors (Lipinski definition) is 1. The molecule has 0 amide bonds. The molecule has 0 spiro atoms. The van der Waals surface area contributed by atoms with E-state index < -0.39 is 39.5 Å². The van der Waals surface area contributed by atoms with Gasteiger partial charge in [-0.05, 0) is 59.2 Å². The average molecular weight is 378 g/mol. The molecule has 4 nitrogen and oxygen atoms in total. The molecule has 0 radical (unpaired) electrons. The van der Waals surface area contributed by atoms with Crippen LogP contribution in [-0.4, -0.2) is 26.7 Å². The number of hydrogen-bond acceptors (Lipinski definition) is 3. The van der Waals surface area contributed by atoms with Gasteiger partial charge in [-0.25, -0.2) is 18.1 Å². The number of carbonyl (C=O) groups is 1. The molecule has 0 fully saturated rings. The predicted octanol–water partition coefficient (Wildman–Crippen LogP) is 4.11. The minimum Gasteiger partial charge on any atom is -0.458 e. The van der Waals surface area contributed by atoms with E-state index in [0.717, 1.165) is 0 Å². The Labute approximate surface area is 150 Å². The quantitative estimate of drug-likeness (QED) is 0.785. The summed E-state index contributed by atoms with van der Waals surface area (Å²) in [4.78, 5) is 12.1. The zero-order chi connectivity index (χ0) is 18.7. The van der Waals surface area contributed by atoms with Gasteiger partial charge >= 0.3 is 5.97 Å². The Balaban J connectivity index is 3.10. The molecule has 3 unspecified atom stereocenters. The van der Waals surface area contributed by atoms with Gasteiger partial charge < -0.3 is 4.74 Å². The molecule has 136 valence electrons. The largest absolute Gasteiger partial charge is 0.458 e. The van der Waals surface area contributed by atoms with Crippen LogP contribution in [0.5, 0.6) is 0 Å². The van der Waals surface area contributed by atoms with E-state index in [1.165, 1.54) is 0 Å². The topological polar surface area (TPSA) is 55.4 Å². The van der Waals surface area contributed by atoms with E-state index in [0.29, 0.717) is 10.6 Å². The van der Waals surface area contributed by atoms with Crippen LogP contribution in [-0.2, 0) is 20.5 Å². The molecule has 0 aliphatic heterocycles. The van der Waals surface area contributed by atoms with E-state index in [4.69, 9.17) is 16.3 Å². The molecule has 0 aliphatic rings. The minimum atomic E-state index is -2.00. The normalized spacial score (nSPS) is 16.3. The smallest absolute Gasteiger partial charge is 0.343 e. The van der Waals surface area contributed by atoms with E-state index >= 15 is 0 Å². The fourth-order valence-corrected chi connectivity index (χ4v) is 2.72. The van der Waals surface area contributed by atoms with Crippen LogP contribution in [0.25, 0.3) is 0 Å². The summed E-state index contributed by atoms with van der Waals surface area (Å²) >= 11 is 5.86. The van der Waals surface area contributed by atoms with Gasteiger partial charge in [-0.3, -0.25) is 0 Å². The number of ether oxygens (including phenoxy) is 1. The molecule has 0 saturated carbocycles. The third-order valence-electron chi connectivity index (χ3n) is 2.94. The van der Waals surface area contributed by atoms with Crippen molar-refractivity contribution < 1.29 is 18.1 Å². The second kappa shape index (κ2) is 7.93. The van der Waals surface area contributed by atoms with Crippen molar-refractivity contribution in [1.29, 1.82) is 0 Å². The SMILES string of the molecule is CC(C)(C)OC(=O)C(F)C(NS(=O)C(C)(C)C)c1ccc(Cl)cc1. The Morgan fingerprint density at radius 2 is 1.67 bits per heavy atom. The van der Waals surface area contributed by atoms with Crippen molar-refractivity contribution in [1.82, 2.24) is 4.72 Å². The maximum atomic E-state index is 14.8. The summed E-state index contributed by atoms with van der Waals surface area (Å²) in [7, 11) is -1.56. The lowest BCUT2D eigenvalue weighted by Gasteiger charge is -2.28. The molecule has 0 bridgehead atoms. The van der Waals surface area contributed by atoms with Gasteiger partial charge in [-0.15, -0.1) is 0 Å². The fourth-order valence-electron chi connectivity index (χ4n) is 1.75. The van der Waals surface area contributed by atoms with Gasteiger partial charge in [0.05, 0.1) is 21.8 Å². The zero-order valence-corrected chi connectivity index (χ0v) is 16.4. The lowest BCUT2D eigenvalue weighted by molar-refractivity contribution is -0.162. The first kappa shape index (κ1) is 21.1. The fraction of sp³-hybridized carbons (Fsp3) is 0.588. The van der Waals surface area contributed by atoms with Crippen LogP contribution in [0.4, 0.5) is 4.39 Å². The molecule has 0 heterocycles. The maximum Gasteiger partial charge on any atom is 0.343 e. The third kappa shape index (κ3) is 6.49. The van der Waals surface area contributed by atoms with Crippen molar-refractivity contribution in [3.63, 3.8) is 0 Å². The highest BCUT2D eigenvalue weighted by Gasteiger charge is 2.36. The molecule has 1 aromatic carbocycles. The van der Waals surface area contributed by atoms with Gasteiger partial charge in [-0.1, -0.05) is 23.7 Å². The molecule has 0 saturated heterocycles. The molecule has 0 aromatic heterocycles. The monoisotopic (exact) mass is 377 g/mol. The molecule has 3 atom stereocenters. The maximum absolute atomic E-state index is 14.8. The Morgan fingerprint density at radius 1 is 1.17 bits per heavy atom. The van der Waals surface area contributed by atoms with E-state index in [9.17, 15) is 13.4 Å². The van der Waals surface area contributed by atoms with Crippen LogP contribution >= 0.6 is 11.6 Å². The van der Waals surface area contributed by atoms with E-state index in [2.05, 4.69) is 4.72 Å². The average Bonchev–Trinajstić information content (AvgIpc) is 2.42. The van der Waals surface area contributed by atoms with Crippen LogP contribution in [0.2, 0.25) is 5.02 Å². The lowest BCUT2D eigenvalue weighted by atomic mass is 10.0. The number of halogens is 2. The molecule has 1 N–H and O–H groups in total. The van der Waals surface area contributed by atoms with Gasteiger partial charge in [-0.2, -0.15) is 0 Å². The summed E-state index contributed by atoms with van der Waals surface area (Å²) in [6.07, 6.45) is -2.00. The standard InChI is InChI=1S/C17H25ClFNO3S/c1-16(2,3)23-15(21)13(19)14(20-24(22)17(4,5)6)11-7-9-12(18)10-8-11/h7-10,13-14,20H,1-6H3. The molecule has 1 aromatic rings. The highest BCUT2D eigenvalue weighted by Crippen LogP contribution is 2.26. The number of benzene rings is 1. The van der Waals surface area contributed by atoms with Gasteiger partial charge in [0.1, 0.15) is 5.60 Å². The van der Waals surface area contributed by atoms with Crippen molar-refractivity contribution in [2.24, 2.45) is 0 Å². The Kier molecular flexibility index (Phi) is 6.96. The van der Waals surface area contributed by atoms with Crippen LogP contribution < -0.4 is 4.72 Å². The van der Waals surface area contributed by atoms with Crippen molar-refractivity contribution in [3.05, 3.63) is 34.9 Å². The second-order valence-corrected chi connectivity index (χ2v) is 9.90. The molecular formula is C17H25ClFNO3S. The van der Waals surface area contributed by atoms with Crippen LogP contribution in [0.3, 0.4) is 0 Å². The Morgan fingerprint density at radius 3 is 2.08 bits per heavy atom. The third-order valence-corrected chi connectivity index (χ3v) is 4.78. The summed E-state index contributed by atoms with van der Waals surface area (Å²) in [6.45, 7) is 10.3. The summed E-state index contributed by atoms with van der Waals surface area (Å²) < 4.78 is 34.4. The highest BCUT2D eigenvalue weighted by atomic mass is 35.5. The second-order valence-electron chi connectivity index (χ2n) is 7.46. The first-order valence-corrected chi connectivity index (χ1v) is 9.14. The summed E-state index contributed by atoms with van der Waals surface area (Å²) in [5, 5.41) is 0.488. The number of rotatable bonds is 5. The van der Waals surface area contributed by atoms with Gasteiger partial charge in [0.25, 0.3) is 0 Å². The zero-order valence-electron chi connectivity index (χ0n) is 14.9. The van der Waals surface area contributed by atoms with Crippen molar-refractivity contribution in [3.8, 4) is 0 Å². The molecule has 24 heavy (non-hydrogen) atoms. The summed E-state index contributed by atoms with van der Waals surface area (Å²) in [5.41, 5.74) is -0.342. The number of nitrogens with one attached hydrogen (secondary N) is 1. The molecular weight excluding hydrogens is 353 g/mol. The van der Waals surface area contributed by atoms with Crippen LogP contribution in [0.15, 0.2) is 24.3 Å². The predicted molar refractivity (Wildman–Crippen MR) is 96.0 cm³/mol. The first-order valence-electron chi connectivity index (χ1n) is 7.62. The van der Waals surface area contributed by atoms with E-state index in [1.54, 1.807) is 65.8 Å². The number of esters is 1. The van der Waals surface area contributed by atoms with Crippen molar-refractivity contribution in [2.45, 2.75) is 64.1 Å². The van der Waals surface area contributed by atoms with Crippen LogP contribution in [0.1, 0.15) is 53.1 Å². The van der Waals surface area contributed by atoms with Crippen LogP contribution in [0, 0.1) is 0 Å². The summed E-state index contributed by atoms with van der Waals surface area (Å²) in [6, 6.07) is 5.27. The van der Waals surface area contributed by atoms with E-state index in [-0.39, 0.29) is 0 Å². The number of alkyl halides is 1. The van der Waals surface area contributed by atoms with Crippen molar-refractivity contribution >= 4 is 28.6 Å².